The van der Waals surface area contributed by atoms with E-state index in [4.69, 9.17) is 14.3 Å². The largest absolute Gasteiger partial charge is 0.497 e. The van der Waals surface area contributed by atoms with Gasteiger partial charge in [-0.3, -0.25) is 19.2 Å². The SMILES string of the molecule is COc1ccc2c(c1)OCN(CCON1C(=O)SC(=O)C1=Cc1ccccc1)C2=O. The summed E-state index contributed by atoms with van der Waals surface area (Å²) < 4.78 is 10.8. The van der Waals surface area contributed by atoms with Crippen LogP contribution in [0.4, 0.5) is 4.79 Å². The second kappa shape index (κ2) is 8.60. The van der Waals surface area contributed by atoms with Gasteiger partial charge >= 0.3 is 5.24 Å². The van der Waals surface area contributed by atoms with Gasteiger partial charge < -0.3 is 14.4 Å². The molecule has 0 atom stereocenters. The van der Waals surface area contributed by atoms with E-state index in [0.29, 0.717) is 28.8 Å². The lowest BCUT2D eigenvalue weighted by atomic mass is 10.1. The van der Waals surface area contributed by atoms with Gasteiger partial charge in [-0.25, -0.2) is 0 Å². The highest BCUT2D eigenvalue weighted by Gasteiger charge is 2.36. The molecule has 0 aromatic heterocycles. The molecule has 8 nitrogen and oxygen atoms in total. The minimum atomic E-state index is -0.513. The first-order valence-corrected chi connectivity index (χ1v) is 9.94. The summed E-state index contributed by atoms with van der Waals surface area (Å²) in [5.41, 5.74) is 1.35. The van der Waals surface area contributed by atoms with Crippen LogP contribution in [-0.2, 0) is 9.63 Å². The Morgan fingerprint density at radius 2 is 1.93 bits per heavy atom. The molecule has 1 fully saturated rings. The van der Waals surface area contributed by atoms with Crippen molar-refractivity contribution in [2.45, 2.75) is 0 Å². The zero-order valence-electron chi connectivity index (χ0n) is 16.1. The molecule has 1 saturated heterocycles. The highest BCUT2D eigenvalue weighted by Crippen LogP contribution is 2.31. The summed E-state index contributed by atoms with van der Waals surface area (Å²) in [6, 6.07) is 14.2. The van der Waals surface area contributed by atoms with Crippen molar-refractivity contribution in [1.82, 2.24) is 9.96 Å². The van der Waals surface area contributed by atoms with Crippen LogP contribution in [-0.4, -0.2) is 53.2 Å². The number of hydrogen-bond donors (Lipinski definition) is 0. The second-order valence-electron chi connectivity index (χ2n) is 6.43. The van der Waals surface area contributed by atoms with E-state index >= 15 is 0 Å². The first kappa shape index (κ1) is 20.0. The molecule has 2 aromatic carbocycles. The molecule has 0 radical (unpaired) electrons. The standard InChI is InChI=1S/C21H18N2O6S/c1-27-15-7-8-16-18(12-15)28-13-22(19(16)24)9-10-29-23-17(20(25)30-21(23)26)11-14-5-3-2-4-6-14/h2-8,11-12H,9-10,13H2,1H3. The van der Waals surface area contributed by atoms with Crippen LogP contribution in [0.2, 0.25) is 0 Å². The van der Waals surface area contributed by atoms with Crippen LogP contribution in [0.1, 0.15) is 15.9 Å². The zero-order valence-corrected chi connectivity index (χ0v) is 16.9. The maximum absolute atomic E-state index is 12.7. The molecule has 2 aliphatic heterocycles. The van der Waals surface area contributed by atoms with E-state index in [0.717, 1.165) is 10.6 Å². The Bertz CT molecular complexity index is 1020. The minimum absolute atomic E-state index is 0.0201. The molecule has 2 aliphatic rings. The number of carbonyl (C=O) groups is 3. The number of thioether (sulfide) groups is 1. The number of carbonyl (C=O) groups excluding carboxylic acids is 3. The van der Waals surface area contributed by atoms with E-state index < -0.39 is 5.24 Å². The number of hydrogen-bond acceptors (Lipinski definition) is 7. The zero-order chi connectivity index (χ0) is 21.1. The molecule has 2 aromatic rings. The van der Waals surface area contributed by atoms with E-state index in [-0.39, 0.29) is 36.6 Å². The molecule has 9 heteroatoms. The van der Waals surface area contributed by atoms with E-state index in [9.17, 15) is 14.4 Å². The molecule has 0 saturated carbocycles. The fourth-order valence-electron chi connectivity index (χ4n) is 3.01. The van der Waals surface area contributed by atoms with E-state index in [1.807, 2.05) is 30.3 Å². The van der Waals surface area contributed by atoms with Crippen molar-refractivity contribution >= 4 is 34.1 Å². The minimum Gasteiger partial charge on any atom is -0.497 e. The van der Waals surface area contributed by atoms with Gasteiger partial charge in [0.2, 0.25) is 5.12 Å². The molecular weight excluding hydrogens is 408 g/mol. The van der Waals surface area contributed by atoms with E-state index in [2.05, 4.69) is 0 Å². The summed E-state index contributed by atoms with van der Waals surface area (Å²) in [5.74, 6) is 0.854. The van der Waals surface area contributed by atoms with Crippen LogP contribution >= 0.6 is 11.8 Å². The van der Waals surface area contributed by atoms with Crippen molar-refractivity contribution < 1.29 is 28.7 Å². The molecule has 0 bridgehead atoms. The fraction of sp³-hybridized carbons (Fsp3) is 0.190. The fourth-order valence-corrected chi connectivity index (χ4v) is 3.65. The van der Waals surface area contributed by atoms with E-state index in [1.165, 1.54) is 4.90 Å². The van der Waals surface area contributed by atoms with Gasteiger partial charge in [0, 0.05) is 17.8 Å². The molecule has 154 valence electrons. The highest BCUT2D eigenvalue weighted by molar-refractivity contribution is 8.27. The Morgan fingerprint density at radius 1 is 1.13 bits per heavy atom. The second-order valence-corrected chi connectivity index (χ2v) is 7.35. The number of fused-ring (bicyclic) bond motifs is 1. The average molecular weight is 426 g/mol. The monoisotopic (exact) mass is 426 g/mol. The highest BCUT2D eigenvalue weighted by atomic mass is 32.2. The van der Waals surface area contributed by atoms with Gasteiger partial charge in [-0.1, -0.05) is 30.3 Å². The number of amides is 2. The average Bonchev–Trinajstić information content (AvgIpc) is 3.02. The van der Waals surface area contributed by atoms with Gasteiger partial charge in [-0.15, -0.1) is 0 Å². The van der Waals surface area contributed by atoms with E-state index in [1.54, 1.807) is 31.4 Å². The van der Waals surface area contributed by atoms with Crippen LogP contribution in [0.15, 0.2) is 54.2 Å². The number of benzene rings is 2. The predicted molar refractivity (Wildman–Crippen MR) is 110 cm³/mol. The van der Waals surface area contributed by atoms with Crippen LogP contribution in [0.5, 0.6) is 11.5 Å². The third kappa shape index (κ3) is 4.03. The maximum atomic E-state index is 12.7. The lowest BCUT2D eigenvalue weighted by Crippen LogP contribution is -2.41. The third-order valence-electron chi connectivity index (χ3n) is 4.54. The van der Waals surface area contributed by atoms with Gasteiger partial charge in [0.1, 0.15) is 17.2 Å². The molecule has 2 heterocycles. The molecule has 0 N–H and O–H groups in total. The predicted octanol–water partition coefficient (Wildman–Crippen LogP) is 3.16. The Morgan fingerprint density at radius 3 is 2.70 bits per heavy atom. The smallest absolute Gasteiger partial charge is 0.318 e. The number of hydroxylamine groups is 2. The van der Waals surface area contributed by atoms with Crippen LogP contribution < -0.4 is 9.47 Å². The summed E-state index contributed by atoms with van der Waals surface area (Å²) >= 11 is 0.574. The van der Waals surface area contributed by atoms with Gasteiger partial charge in [0.15, 0.2) is 6.73 Å². The lowest BCUT2D eigenvalue weighted by molar-refractivity contribution is -0.118. The van der Waals surface area contributed by atoms with Crippen molar-refractivity contribution in [3.8, 4) is 11.5 Å². The van der Waals surface area contributed by atoms with Gasteiger partial charge in [-0.2, -0.15) is 5.06 Å². The summed E-state index contributed by atoms with van der Waals surface area (Å²) in [6.07, 6.45) is 1.60. The Balaban J connectivity index is 1.40. The Hall–Kier alpha value is -3.30. The molecule has 0 aliphatic carbocycles. The summed E-state index contributed by atoms with van der Waals surface area (Å²) in [7, 11) is 1.54. The number of rotatable bonds is 6. The van der Waals surface area contributed by atoms with Crippen molar-refractivity contribution in [3.05, 3.63) is 65.4 Å². The lowest BCUT2D eigenvalue weighted by Gasteiger charge is -2.29. The number of ether oxygens (including phenoxy) is 2. The third-order valence-corrected chi connectivity index (χ3v) is 5.28. The van der Waals surface area contributed by atoms with Gasteiger partial charge in [0.05, 0.1) is 25.8 Å². The summed E-state index contributed by atoms with van der Waals surface area (Å²) in [6.45, 7) is 0.258. The molecular formula is C21H18N2O6S. The number of methoxy groups -OCH3 is 1. The van der Waals surface area contributed by atoms with Crippen molar-refractivity contribution in [2.24, 2.45) is 0 Å². The quantitative estimate of drug-likeness (QED) is 0.656. The molecule has 0 unspecified atom stereocenters. The van der Waals surface area contributed by atoms with Crippen LogP contribution in [0.25, 0.3) is 6.08 Å². The molecule has 30 heavy (non-hydrogen) atoms. The van der Waals surface area contributed by atoms with Crippen molar-refractivity contribution in [2.75, 3.05) is 27.0 Å². The van der Waals surface area contributed by atoms with Gasteiger partial charge in [-0.05, 0) is 23.8 Å². The van der Waals surface area contributed by atoms with Gasteiger partial charge in [0.25, 0.3) is 5.91 Å². The molecule has 0 spiro atoms. The number of nitrogens with zero attached hydrogens (tertiary/aromatic N) is 2. The first-order valence-electron chi connectivity index (χ1n) is 9.13. The Labute approximate surface area is 176 Å². The van der Waals surface area contributed by atoms with Crippen LogP contribution in [0.3, 0.4) is 0 Å². The first-order chi connectivity index (χ1) is 14.6. The normalized spacial score (nSPS) is 17.4. The summed E-state index contributed by atoms with van der Waals surface area (Å²) in [5, 5.41) is 0.0821. The van der Waals surface area contributed by atoms with Crippen molar-refractivity contribution in [1.29, 1.82) is 0 Å². The summed E-state index contributed by atoms with van der Waals surface area (Å²) in [4.78, 5) is 44.0. The molecule has 4 rings (SSSR count). The maximum Gasteiger partial charge on any atom is 0.318 e. The van der Waals surface area contributed by atoms with Crippen LogP contribution in [0, 0.1) is 0 Å². The topological polar surface area (TPSA) is 85.4 Å². The molecule has 2 amide bonds. The Kier molecular flexibility index (Phi) is 5.73. The van der Waals surface area contributed by atoms with Crippen molar-refractivity contribution in [3.63, 3.8) is 0 Å².